The second-order valence-corrected chi connectivity index (χ2v) is 4.19. The number of hydrogen-bond acceptors (Lipinski definition) is 0. The molecule has 2 aromatic rings. The summed E-state index contributed by atoms with van der Waals surface area (Å²) in [4.78, 5) is 0. The zero-order chi connectivity index (χ0) is 10.8. The van der Waals surface area contributed by atoms with Gasteiger partial charge < -0.3 is 0 Å². The molecular weight excluding hydrogens is 180 g/mol. The van der Waals surface area contributed by atoms with Crippen LogP contribution in [-0.4, -0.2) is 0 Å². The van der Waals surface area contributed by atoms with E-state index in [1.54, 1.807) is 0 Å². The van der Waals surface area contributed by atoms with Gasteiger partial charge in [0.2, 0.25) is 0 Å². The maximum atomic E-state index is 2.25. The molecule has 2 aromatic carbocycles. The van der Waals surface area contributed by atoms with E-state index in [1.807, 2.05) is 0 Å². The lowest BCUT2D eigenvalue weighted by molar-refractivity contribution is 1.38. The van der Waals surface area contributed by atoms with Crippen LogP contribution in [0.15, 0.2) is 42.5 Å². The molecule has 0 aliphatic rings. The maximum Gasteiger partial charge on any atom is -0.0152 e. The molecular formula is C15H16. The van der Waals surface area contributed by atoms with E-state index in [1.165, 1.54) is 27.8 Å². The van der Waals surface area contributed by atoms with Gasteiger partial charge in [-0.05, 0) is 37.5 Å². The van der Waals surface area contributed by atoms with Crippen LogP contribution in [-0.2, 0) is 0 Å². The van der Waals surface area contributed by atoms with E-state index in [0.717, 1.165) is 0 Å². The lowest BCUT2D eigenvalue weighted by atomic mass is 9.97. The predicted molar refractivity (Wildman–Crippen MR) is 66.1 cm³/mol. The molecule has 76 valence electrons. The molecule has 0 fully saturated rings. The van der Waals surface area contributed by atoms with Gasteiger partial charge in [-0.2, -0.15) is 0 Å². The Balaban J connectivity index is 2.58. The summed E-state index contributed by atoms with van der Waals surface area (Å²) in [5, 5.41) is 0. The van der Waals surface area contributed by atoms with Crippen LogP contribution in [0, 0.1) is 20.8 Å². The minimum Gasteiger partial charge on any atom is -0.0614 e. The summed E-state index contributed by atoms with van der Waals surface area (Å²) >= 11 is 0. The Labute approximate surface area is 91.6 Å². The monoisotopic (exact) mass is 196 g/mol. The van der Waals surface area contributed by atoms with Gasteiger partial charge in [-0.15, -0.1) is 0 Å². The van der Waals surface area contributed by atoms with Gasteiger partial charge in [-0.1, -0.05) is 53.6 Å². The lowest BCUT2D eigenvalue weighted by Gasteiger charge is -2.08. The molecule has 0 N–H and O–H groups in total. The molecule has 0 aromatic heterocycles. The van der Waals surface area contributed by atoms with E-state index in [-0.39, 0.29) is 0 Å². The summed E-state index contributed by atoms with van der Waals surface area (Å²) in [6.45, 7) is 6.43. The Bertz CT molecular complexity index is 481. The smallest absolute Gasteiger partial charge is 0.0152 e. The van der Waals surface area contributed by atoms with E-state index in [0.29, 0.717) is 0 Å². The van der Waals surface area contributed by atoms with Gasteiger partial charge in [0, 0.05) is 0 Å². The number of rotatable bonds is 1. The van der Waals surface area contributed by atoms with Crippen LogP contribution in [0.3, 0.4) is 0 Å². The molecule has 0 atom stereocenters. The Morgan fingerprint density at radius 1 is 0.733 bits per heavy atom. The van der Waals surface area contributed by atoms with E-state index < -0.39 is 0 Å². The van der Waals surface area contributed by atoms with Crippen LogP contribution in [0.5, 0.6) is 0 Å². The van der Waals surface area contributed by atoms with Crippen LogP contribution in [0.2, 0.25) is 0 Å². The third-order valence-electron chi connectivity index (χ3n) is 2.72. The number of benzene rings is 2. The topological polar surface area (TPSA) is 0 Å². The van der Waals surface area contributed by atoms with Crippen molar-refractivity contribution in [1.82, 2.24) is 0 Å². The van der Waals surface area contributed by atoms with Crippen molar-refractivity contribution in [3.63, 3.8) is 0 Å². The summed E-state index contributed by atoms with van der Waals surface area (Å²) in [5.41, 5.74) is 6.63. The SMILES string of the molecule is Cc1cccc(-c2cc(C)ccc2C)c1. The molecule has 0 amide bonds. The second kappa shape index (κ2) is 3.90. The number of aryl methyl sites for hydroxylation is 3. The fourth-order valence-electron chi connectivity index (χ4n) is 1.86. The minimum atomic E-state index is 1.31. The van der Waals surface area contributed by atoms with Crippen LogP contribution in [0.1, 0.15) is 16.7 Å². The Kier molecular flexibility index (Phi) is 2.59. The maximum absolute atomic E-state index is 2.25. The van der Waals surface area contributed by atoms with Crippen molar-refractivity contribution in [3.8, 4) is 11.1 Å². The fourth-order valence-corrected chi connectivity index (χ4v) is 1.86. The van der Waals surface area contributed by atoms with Crippen molar-refractivity contribution in [2.75, 3.05) is 0 Å². The summed E-state index contributed by atoms with van der Waals surface area (Å²) in [6, 6.07) is 15.3. The van der Waals surface area contributed by atoms with Crippen molar-refractivity contribution < 1.29 is 0 Å². The van der Waals surface area contributed by atoms with Crippen molar-refractivity contribution in [3.05, 3.63) is 59.2 Å². The standard InChI is InChI=1S/C15H16/c1-11-5-4-6-14(9-11)15-10-12(2)7-8-13(15)3/h4-10H,1-3H3. The molecule has 2 rings (SSSR count). The van der Waals surface area contributed by atoms with Gasteiger partial charge in [0.05, 0.1) is 0 Å². The van der Waals surface area contributed by atoms with E-state index >= 15 is 0 Å². The lowest BCUT2D eigenvalue weighted by Crippen LogP contribution is -1.85. The molecule has 0 heterocycles. The molecule has 0 saturated carbocycles. The average molecular weight is 196 g/mol. The Morgan fingerprint density at radius 2 is 1.47 bits per heavy atom. The highest BCUT2D eigenvalue weighted by Gasteiger charge is 2.01. The zero-order valence-corrected chi connectivity index (χ0v) is 9.54. The third kappa shape index (κ3) is 2.10. The largest absolute Gasteiger partial charge is 0.0614 e. The molecule has 0 bridgehead atoms. The first-order chi connectivity index (χ1) is 7.16. The van der Waals surface area contributed by atoms with Gasteiger partial charge in [-0.3, -0.25) is 0 Å². The molecule has 0 unspecified atom stereocenters. The van der Waals surface area contributed by atoms with Crippen molar-refractivity contribution in [1.29, 1.82) is 0 Å². The van der Waals surface area contributed by atoms with Crippen LogP contribution >= 0.6 is 0 Å². The third-order valence-corrected chi connectivity index (χ3v) is 2.72. The van der Waals surface area contributed by atoms with Gasteiger partial charge >= 0.3 is 0 Å². The molecule has 0 spiro atoms. The Hall–Kier alpha value is -1.56. The Morgan fingerprint density at radius 3 is 2.20 bits per heavy atom. The zero-order valence-electron chi connectivity index (χ0n) is 9.54. The molecule has 0 nitrogen and oxygen atoms in total. The molecule has 0 saturated heterocycles. The first kappa shape index (κ1) is 9.97. The van der Waals surface area contributed by atoms with Gasteiger partial charge in [0.1, 0.15) is 0 Å². The normalized spacial score (nSPS) is 10.3. The van der Waals surface area contributed by atoms with Gasteiger partial charge in [-0.25, -0.2) is 0 Å². The predicted octanol–water partition coefficient (Wildman–Crippen LogP) is 4.28. The fraction of sp³-hybridized carbons (Fsp3) is 0.200. The summed E-state index contributed by atoms with van der Waals surface area (Å²) in [7, 11) is 0. The van der Waals surface area contributed by atoms with E-state index in [9.17, 15) is 0 Å². The first-order valence-electron chi connectivity index (χ1n) is 5.31. The van der Waals surface area contributed by atoms with Crippen molar-refractivity contribution in [2.45, 2.75) is 20.8 Å². The van der Waals surface area contributed by atoms with E-state index in [4.69, 9.17) is 0 Å². The second-order valence-electron chi connectivity index (χ2n) is 4.19. The van der Waals surface area contributed by atoms with Crippen molar-refractivity contribution in [2.24, 2.45) is 0 Å². The molecule has 0 heteroatoms. The summed E-state index contributed by atoms with van der Waals surface area (Å²) < 4.78 is 0. The molecule has 15 heavy (non-hydrogen) atoms. The average Bonchev–Trinajstić information content (AvgIpc) is 2.22. The molecule has 0 radical (unpaired) electrons. The summed E-state index contributed by atoms with van der Waals surface area (Å²) in [6.07, 6.45) is 0. The quantitative estimate of drug-likeness (QED) is 0.638. The number of hydrogen-bond donors (Lipinski definition) is 0. The van der Waals surface area contributed by atoms with Crippen molar-refractivity contribution >= 4 is 0 Å². The molecule has 0 aliphatic heterocycles. The van der Waals surface area contributed by atoms with Gasteiger partial charge in [0.15, 0.2) is 0 Å². The minimum absolute atomic E-state index is 1.31. The van der Waals surface area contributed by atoms with Crippen LogP contribution in [0.4, 0.5) is 0 Å². The first-order valence-corrected chi connectivity index (χ1v) is 5.31. The van der Waals surface area contributed by atoms with Crippen LogP contribution in [0.25, 0.3) is 11.1 Å². The highest BCUT2D eigenvalue weighted by molar-refractivity contribution is 5.68. The van der Waals surface area contributed by atoms with Gasteiger partial charge in [0.25, 0.3) is 0 Å². The summed E-state index contributed by atoms with van der Waals surface area (Å²) in [5.74, 6) is 0. The molecule has 0 aliphatic carbocycles. The highest BCUT2D eigenvalue weighted by Crippen LogP contribution is 2.24. The highest BCUT2D eigenvalue weighted by atomic mass is 14.1. The van der Waals surface area contributed by atoms with E-state index in [2.05, 4.69) is 63.2 Å². The van der Waals surface area contributed by atoms with Crippen LogP contribution < -0.4 is 0 Å².